The molecule has 0 fully saturated rings. The lowest BCUT2D eigenvalue weighted by Gasteiger charge is -2.05. The van der Waals surface area contributed by atoms with Crippen LogP contribution in [0.1, 0.15) is 23.9 Å². The van der Waals surface area contributed by atoms with Crippen LogP contribution in [0, 0.1) is 0 Å². The van der Waals surface area contributed by atoms with Crippen LogP contribution in [0.3, 0.4) is 0 Å². The van der Waals surface area contributed by atoms with Crippen LogP contribution < -0.4 is 5.32 Å². The highest BCUT2D eigenvalue weighted by Crippen LogP contribution is 2.19. The van der Waals surface area contributed by atoms with Crippen LogP contribution in [-0.2, 0) is 23.5 Å². The van der Waals surface area contributed by atoms with Crippen LogP contribution in [0.5, 0.6) is 0 Å². The Morgan fingerprint density at radius 1 is 1.19 bits per heavy atom. The van der Waals surface area contributed by atoms with Gasteiger partial charge in [-0.1, -0.05) is 60.1 Å². The lowest BCUT2D eigenvalue weighted by molar-refractivity contribution is -0.118. The lowest BCUT2D eigenvalue weighted by atomic mass is 10.1. The summed E-state index contributed by atoms with van der Waals surface area (Å²) in [6.45, 7) is 2.57. The third-order valence-corrected chi connectivity index (χ3v) is 5.08. The summed E-state index contributed by atoms with van der Waals surface area (Å²) in [5.41, 5.74) is 3.16. The van der Waals surface area contributed by atoms with Crippen molar-refractivity contribution in [2.75, 3.05) is 5.75 Å². The van der Waals surface area contributed by atoms with E-state index in [-0.39, 0.29) is 5.91 Å². The average molecular weight is 402 g/mol. The second-order valence-electron chi connectivity index (χ2n) is 5.96. The average Bonchev–Trinajstić information content (AvgIpc) is 3.15. The van der Waals surface area contributed by atoms with E-state index >= 15 is 0 Å². The number of carbonyl (C=O) groups excluding carboxylic acids is 1. The number of aryl methyl sites for hydroxylation is 1. The molecular weight excluding hydrogens is 382 g/mol. The number of thioether (sulfide) groups is 1. The van der Waals surface area contributed by atoms with Crippen molar-refractivity contribution in [1.29, 1.82) is 0 Å². The summed E-state index contributed by atoms with van der Waals surface area (Å²) in [6, 6.07) is 15.5. The molecule has 0 bridgehead atoms. The Kier molecular flexibility index (Phi) is 6.90. The van der Waals surface area contributed by atoms with Gasteiger partial charge in [-0.2, -0.15) is 4.98 Å². The largest absolute Gasteiger partial charge is 0.351 e. The fourth-order valence-electron chi connectivity index (χ4n) is 2.45. The molecule has 1 amide bonds. The van der Waals surface area contributed by atoms with E-state index in [1.54, 1.807) is 6.07 Å². The van der Waals surface area contributed by atoms with Crippen molar-refractivity contribution in [3.05, 3.63) is 70.6 Å². The molecule has 2 aromatic carbocycles. The van der Waals surface area contributed by atoms with E-state index < -0.39 is 0 Å². The molecule has 0 saturated heterocycles. The summed E-state index contributed by atoms with van der Waals surface area (Å²) >= 11 is 7.37. The Bertz CT molecular complexity index is 896. The molecule has 1 aromatic heterocycles. The van der Waals surface area contributed by atoms with Crippen molar-refractivity contribution in [1.82, 2.24) is 15.5 Å². The first-order chi connectivity index (χ1) is 13.1. The number of nitrogens with zero attached hydrogens (tertiary/aromatic N) is 2. The third kappa shape index (κ3) is 5.84. The zero-order chi connectivity index (χ0) is 19.1. The molecule has 7 heteroatoms. The molecule has 3 aromatic rings. The smallest absolute Gasteiger partial charge is 0.236 e. The molecule has 0 radical (unpaired) electrons. The summed E-state index contributed by atoms with van der Waals surface area (Å²) in [5, 5.41) is 7.54. The van der Waals surface area contributed by atoms with Crippen molar-refractivity contribution in [2.45, 2.75) is 25.6 Å². The zero-order valence-corrected chi connectivity index (χ0v) is 16.5. The van der Waals surface area contributed by atoms with E-state index in [9.17, 15) is 4.79 Å². The molecule has 1 heterocycles. The maximum Gasteiger partial charge on any atom is 0.236 e. The minimum atomic E-state index is -0.0464. The van der Waals surface area contributed by atoms with E-state index in [1.807, 2.05) is 30.3 Å². The van der Waals surface area contributed by atoms with Gasteiger partial charge >= 0.3 is 0 Å². The Morgan fingerprint density at radius 2 is 2.00 bits per heavy atom. The van der Waals surface area contributed by atoms with Crippen LogP contribution in [0.2, 0.25) is 5.02 Å². The Morgan fingerprint density at radius 3 is 2.74 bits per heavy atom. The van der Waals surface area contributed by atoms with Crippen LogP contribution in [0.25, 0.3) is 11.4 Å². The first-order valence-corrected chi connectivity index (χ1v) is 10.2. The first kappa shape index (κ1) is 19.5. The predicted octanol–water partition coefficient (Wildman–Crippen LogP) is 4.50. The number of benzene rings is 2. The maximum atomic E-state index is 11.9. The van der Waals surface area contributed by atoms with Gasteiger partial charge in [0, 0.05) is 17.1 Å². The van der Waals surface area contributed by atoms with Crippen molar-refractivity contribution in [3.8, 4) is 11.4 Å². The van der Waals surface area contributed by atoms with E-state index in [1.165, 1.54) is 17.3 Å². The van der Waals surface area contributed by atoms with Gasteiger partial charge in [-0.15, -0.1) is 11.8 Å². The first-order valence-electron chi connectivity index (χ1n) is 8.65. The van der Waals surface area contributed by atoms with Crippen LogP contribution in [-0.4, -0.2) is 21.8 Å². The summed E-state index contributed by atoms with van der Waals surface area (Å²) in [6.07, 6.45) is 0.994. The molecule has 0 aliphatic carbocycles. The molecule has 0 atom stereocenters. The fourth-order valence-corrected chi connectivity index (χ4v) is 3.34. The molecule has 0 unspecified atom stereocenters. The number of carbonyl (C=O) groups is 1. The number of nitrogens with one attached hydrogen (secondary N) is 1. The van der Waals surface area contributed by atoms with Gasteiger partial charge in [-0.3, -0.25) is 4.79 Å². The van der Waals surface area contributed by atoms with E-state index in [2.05, 4.69) is 34.5 Å². The van der Waals surface area contributed by atoms with Crippen molar-refractivity contribution in [3.63, 3.8) is 0 Å². The number of hydrogen-bond acceptors (Lipinski definition) is 5. The number of halogens is 1. The molecule has 1 N–H and O–H groups in total. The molecule has 0 aliphatic heterocycles. The molecule has 3 rings (SSSR count). The normalized spacial score (nSPS) is 10.7. The van der Waals surface area contributed by atoms with Crippen molar-refractivity contribution in [2.24, 2.45) is 0 Å². The van der Waals surface area contributed by atoms with Gasteiger partial charge in [0.1, 0.15) is 0 Å². The van der Waals surface area contributed by atoms with Gasteiger partial charge in [-0.25, -0.2) is 0 Å². The summed E-state index contributed by atoms with van der Waals surface area (Å²) in [7, 11) is 0. The highest BCUT2D eigenvalue weighted by atomic mass is 35.5. The van der Waals surface area contributed by atoms with Gasteiger partial charge in [0.05, 0.1) is 11.5 Å². The van der Waals surface area contributed by atoms with Crippen molar-refractivity contribution >= 4 is 29.3 Å². The Labute approximate surface area is 167 Å². The van der Waals surface area contributed by atoms with Crippen LogP contribution in [0.15, 0.2) is 53.1 Å². The lowest BCUT2D eigenvalue weighted by Crippen LogP contribution is -2.24. The van der Waals surface area contributed by atoms with Crippen LogP contribution >= 0.6 is 23.4 Å². The molecule has 140 valence electrons. The molecular formula is C20H20ClN3O2S. The molecule has 5 nitrogen and oxygen atoms in total. The fraction of sp³-hybridized carbons (Fsp3) is 0.250. The second kappa shape index (κ2) is 9.58. The topological polar surface area (TPSA) is 68.0 Å². The molecule has 0 aliphatic rings. The monoisotopic (exact) mass is 401 g/mol. The second-order valence-corrected chi connectivity index (χ2v) is 7.38. The number of aromatic nitrogens is 2. The van der Waals surface area contributed by atoms with Gasteiger partial charge < -0.3 is 9.84 Å². The van der Waals surface area contributed by atoms with Gasteiger partial charge in [0.2, 0.25) is 17.6 Å². The van der Waals surface area contributed by atoms with Crippen LogP contribution in [0.4, 0.5) is 0 Å². The van der Waals surface area contributed by atoms with E-state index in [4.69, 9.17) is 16.1 Å². The quantitative estimate of drug-likeness (QED) is 0.601. The number of rotatable bonds is 8. The summed E-state index contributed by atoms with van der Waals surface area (Å²) in [4.78, 5) is 16.3. The summed E-state index contributed by atoms with van der Waals surface area (Å²) in [5.74, 6) is 1.85. The zero-order valence-electron chi connectivity index (χ0n) is 14.9. The molecule has 0 spiro atoms. The Balaban J connectivity index is 1.43. The third-order valence-electron chi connectivity index (χ3n) is 3.93. The number of amides is 1. The minimum Gasteiger partial charge on any atom is -0.351 e. The van der Waals surface area contributed by atoms with Gasteiger partial charge in [0.25, 0.3) is 0 Å². The molecule has 27 heavy (non-hydrogen) atoms. The highest BCUT2D eigenvalue weighted by Gasteiger charge is 2.10. The van der Waals surface area contributed by atoms with E-state index in [0.29, 0.717) is 34.8 Å². The van der Waals surface area contributed by atoms with Crippen molar-refractivity contribution < 1.29 is 9.32 Å². The van der Waals surface area contributed by atoms with Gasteiger partial charge in [0.15, 0.2) is 0 Å². The SMILES string of the molecule is CCc1ccc(-c2noc(CSCC(=O)NCc3cccc(Cl)c3)n2)cc1. The highest BCUT2D eigenvalue weighted by molar-refractivity contribution is 7.99. The predicted molar refractivity (Wildman–Crippen MR) is 109 cm³/mol. The maximum absolute atomic E-state index is 11.9. The Hall–Kier alpha value is -2.31. The summed E-state index contributed by atoms with van der Waals surface area (Å²) < 4.78 is 5.27. The standard InChI is InChI=1S/C20H20ClN3O2S/c1-2-14-6-8-16(9-7-14)20-23-19(26-24-20)13-27-12-18(25)22-11-15-4-3-5-17(21)10-15/h3-10H,2,11-13H2,1H3,(H,22,25). The number of hydrogen-bond donors (Lipinski definition) is 1. The minimum absolute atomic E-state index is 0.0464. The van der Waals surface area contributed by atoms with E-state index in [0.717, 1.165) is 17.5 Å². The molecule has 0 saturated carbocycles. The van der Waals surface area contributed by atoms with Gasteiger partial charge in [-0.05, 0) is 29.7 Å².